The summed E-state index contributed by atoms with van der Waals surface area (Å²) in [6.45, 7) is 5.57. The number of hydrogen-bond acceptors (Lipinski definition) is 4. The van der Waals surface area contributed by atoms with Crippen LogP contribution < -0.4 is 5.32 Å². The molecule has 1 N–H and O–H groups in total. The summed E-state index contributed by atoms with van der Waals surface area (Å²) in [7, 11) is 1.48. The van der Waals surface area contributed by atoms with Gasteiger partial charge >= 0.3 is 5.97 Å². The van der Waals surface area contributed by atoms with Gasteiger partial charge in [-0.2, -0.15) is 0 Å². The van der Waals surface area contributed by atoms with Crippen molar-refractivity contribution in [2.24, 2.45) is 11.8 Å². The largest absolute Gasteiger partial charge is 0.468 e. The molecular weight excluding hydrogens is 254 g/mol. The molecule has 4 nitrogen and oxygen atoms in total. The van der Waals surface area contributed by atoms with Gasteiger partial charge in [0.1, 0.15) is 5.54 Å². The van der Waals surface area contributed by atoms with Crippen LogP contribution in [-0.4, -0.2) is 37.9 Å². The molecule has 0 bridgehead atoms. The molecule has 0 saturated heterocycles. The summed E-state index contributed by atoms with van der Waals surface area (Å²) < 4.78 is 11.0. The molecule has 2 fully saturated rings. The lowest BCUT2D eigenvalue weighted by Crippen LogP contribution is -2.59. The smallest absolute Gasteiger partial charge is 0.328 e. The number of carbonyl (C=O) groups is 1. The van der Waals surface area contributed by atoms with E-state index in [0.717, 1.165) is 32.3 Å². The standard InChI is InChI=1S/C16H29NO3/c1-4-5-12(2)10-20-11-16(13-6-7-13,15(18)19-3)17-14-8-9-14/h12-14,17H,4-11H2,1-3H3. The van der Waals surface area contributed by atoms with Crippen molar-refractivity contribution < 1.29 is 14.3 Å². The van der Waals surface area contributed by atoms with Crippen molar-refractivity contribution in [2.45, 2.75) is 64.0 Å². The van der Waals surface area contributed by atoms with Gasteiger partial charge in [0, 0.05) is 12.6 Å². The third-order valence-electron chi connectivity index (χ3n) is 4.38. The fraction of sp³-hybridized carbons (Fsp3) is 0.938. The second-order valence-corrected chi connectivity index (χ2v) is 6.56. The van der Waals surface area contributed by atoms with Crippen LogP contribution in [0.25, 0.3) is 0 Å². The van der Waals surface area contributed by atoms with Crippen LogP contribution in [0, 0.1) is 11.8 Å². The van der Waals surface area contributed by atoms with Crippen LogP contribution in [0.3, 0.4) is 0 Å². The third-order valence-corrected chi connectivity index (χ3v) is 4.38. The van der Waals surface area contributed by atoms with Gasteiger partial charge in [-0.3, -0.25) is 5.32 Å². The highest BCUT2D eigenvalue weighted by molar-refractivity contribution is 5.82. The number of rotatable bonds is 10. The summed E-state index contributed by atoms with van der Waals surface area (Å²) in [5.74, 6) is 0.794. The maximum Gasteiger partial charge on any atom is 0.328 e. The van der Waals surface area contributed by atoms with Crippen LogP contribution in [0.2, 0.25) is 0 Å². The molecule has 4 heteroatoms. The van der Waals surface area contributed by atoms with E-state index in [2.05, 4.69) is 19.2 Å². The molecule has 2 rings (SSSR count). The zero-order chi connectivity index (χ0) is 14.6. The summed E-state index contributed by atoms with van der Waals surface area (Å²) in [5.41, 5.74) is -0.595. The molecule has 0 aromatic rings. The molecule has 116 valence electrons. The van der Waals surface area contributed by atoms with E-state index in [1.165, 1.54) is 20.0 Å². The summed E-state index contributed by atoms with van der Waals surface area (Å²) >= 11 is 0. The Morgan fingerprint density at radius 2 is 2.05 bits per heavy atom. The van der Waals surface area contributed by atoms with E-state index in [-0.39, 0.29) is 5.97 Å². The van der Waals surface area contributed by atoms with E-state index in [1.54, 1.807) is 0 Å². The molecule has 20 heavy (non-hydrogen) atoms. The zero-order valence-corrected chi connectivity index (χ0v) is 13.1. The van der Waals surface area contributed by atoms with Crippen LogP contribution in [-0.2, 0) is 14.3 Å². The molecule has 0 spiro atoms. The average molecular weight is 283 g/mol. The SMILES string of the molecule is CCCC(C)COCC(NC1CC1)(C(=O)OC)C1CC1. The van der Waals surface area contributed by atoms with E-state index >= 15 is 0 Å². The van der Waals surface area contributed by atoms with Gasteiger partial charge in [0.25, 0.3) is 0 Å². The number of carbonyl (C=O) groups excluding carboxylic acids is 1. The van der Waals surface area contributed by atoms with E-state index < -0.39 is 5.54 Å². The first-order valence-electron chi connectivity index (χ1n) is 8.06. The van der Waals surface area contributed by atoms with E-state index in [1.807, 2.05) is 0 Å². The van der Waals surface area contributed by atoms with Crippen LogP contribution >= 0.6 is 0 Å². The van der Waals surface area contributed by atoms with E-state index in [0.29, 0.717) is 24.5 Å². The molecule has 0 radical (unpaired) electrons. The number of nitrogens with one attached hydrogen (secondary N) is 1. The number of hydrogen-bond donors (Lipinski definition) is 1. The molecule has 2 aliphatic carbocycles. The van der Waals surface area contributed by atoms with Crippen LogP contribution in [0.15, 0.2) is 0 Å². The zero-order valence-electron chi connectivity index (χ0n) is 13.1. The third kappa shape index (κ3) is 3.95. The predicted octanol–water partition coefficient (Wildman–Crippen LogP) is 2.51. The van der Waals surface area contributed by atoms with Gasteiger partial charge in [-0.25, -0.2) is 4.79 Å². The highest BCUT2D eigenvalue weighted by Crippen LogP contribution is 2.42. The Balaban J connectivity index is 1.92. The van der Waals surface area contributed by atoms with Gasteiger partial charge in [-0.15, -0.1) is 0 Å². The minimum atomic E-state index is -0.595. The monoisotopic (exact) mass is 283 g/mol. The predicted molar refractivity (Wildman–Crippen MR) is 78.5 cm³/mol. The minimum absolute atomic E-state index is 0.143. The molecule has 0 amide bonds. The first kappa shape index (κ1) is 15.8. The highest BCUT2D eigenvalue weighted by Gasteiger charge is 2.54. The minimum Gasteiger partial charge on any atom is -0.468 e. The molecule has 0 aromatic heterocycles. The van der Waals surface area contributed by atoms with Gasteiger partial charge < -0.3 is 9.47 Å². The van der Waals surface area contributed by atoms with Gasteiger partial charge in [0.05, 0.1) is 13.7 Å². The second-order valence-electron chi connectivity index (χ2n) is 6.56. The molecule has 2 saturated carbocycles. The molecule has 0 aliphatic heterocycles. The Hall–Kier alpha value is -0.610. The Bertz CT molecular complexity index is 326. The van der Waals surface area contributed by atoms with Crippen molar-refractivity contribution in [3.8, 4) is 0 Å². The van der Waals surface area contributed by atoms with E-state index in [4.69, 9.17) is 9.47 Å². The summed E-state index contributed by atoms with van der Waals surface area (Å²) in [6, 6.07) is 0.478. The molecule has 2 aliphatic rings. The quantitative estimate of drug-likeness (QED) is 0.626. The first-order chi connectivity index (χ1) is 9.62. The molecule has 2 unspecified atom stereocenters. The van der Waals surface area contributed by atoms with E-state index in [9.17, 15) is 4.79 Å². The van der Waals surface area contributed by atoms with Crippen molar-refractivity contribution >= 4 is 5.97 Å². The van der Waals surface area contributed by atoms with Crippen molar-refractivity contribution in [2.75, 3.05) is 20.3 Å². The summed E-state index contributed by atoms with van der Waals surface area (Å²) in [4.78, 5) is 12.3. The Morgan fingerprint density at radius 1 is 1.35 bits per heavy atom. The molecule has 2 atom stereocenters. The maximum atomic E-state index is 12.3. The Morgan fingerprint density at radius 3 is 2.55 bits per heavy atom. The van der Waals surface area contributed by atoms with Crippen molar-refractivity contribution in [1.82, 2.24) is 5.32 Å². The van der Waals surface area contributed by atoms with Gasteiger partial charge in [-0.1, -0.05) is 20.3 Å². The second kappa shape index (κ2) is 6.90. The lowest BCUT2D eigenvalue weighted by molar-refractivity contribution is -0.153. The maximum absolute atomic E-state index is 12.3. The van der Waals surface area contributed by atoms with Crippen molar-refractivity contribution in [3.63, 3.8) is 0 Å². The lowest BCUT2D eigenvalue weighted by atomic mass is 9.93. The fourth-order valence-corrected chi connectivity index (χ4v) is 2.91. The van der Waals surface area contributed by atoms with Crippen LogP contribution in [0.5, 0.6) is 0 Å². The Labute approximate surface area is 122 Å². The molecular formula is C16H29NO3. The lowest BCUT2D eigenvalue weighted by Gasteiger charge is -2.32. The molecule has 0 aromatic carbocycles. The highest BCUT2D eigenvalue weighted by atomic mass is 16.5. The Kier molecular flexibility index (Phi) is 5.44. The number of methoxy groups -OCH3 is 1. The van der Waals surface area contributed by atoms with Crippen LogP contribution in [0.4, 0.5) is 0 Å². The molecule has 0 heterocycles. The van der Waals surface area contributed by atoms with Crippen LogP contribution in [0.1, 0.15) is 52.4 Å². The number of ether oxygens (including phenoxy) is 2. The van der Waals surface area contributed by atoms with Gasteiger partial charge in [0.15, 0.2) is 0 Å². The number of esters is 1. The van der Waals surface area contributed by atoms with Gasteiger partial charge in [0.2, 0.25) is 0 Å². The normalized spacial score (nSPS) is 23.1. The van der Waals surface area contributed by atoms with Gasteiger partial charge in [-0.05, 0) is 43.9 Å². The topological polar surface area (TPSA) is 47.6 Å². The first-order valence-corrected chi connectivity index (χ1v) is 8.06. The average Bonchev–Trinajstić information content (AvgIpc) is 3.28. The van der Waals surface area contributed by atoms with Crippen molar-refractivity contribution in [3.05, 3.63) is 0 Å². The van der Waals surface area contributed by atoms with Crippen molar-refractivity contribution in [1.29, 1.82) is 0 Å². The summed E-state index contributed by atoms with van der Waals surface area (Å²) in [6.07, 6.45) is 6.88. The fourth-order valence-electron chi connectivity index (χ4n) is 2.91. The summed E-state index contributed by atoms with van der Waals surface area (Å²) in [5, 5.41) is 3.52.